The molecule has 0 fully saturated rings. The zero-order valence-electron chi connectivity index (χ0n) is 10.4. The third kappa shape index (κ3) is 4.15. The van der Waals surface area contributed by atoms with Crippen LogP contribution in [0.25, 0.3) is 0 Å². The van der Waals surface area contributed by atoms with Gasteiger partial charge in [-0.15, -0.1) is 0 Å². The summed E-state index contributed by atoms with van der Waals surface area (Å²) in [5.41, 5.74) is 9.25. The number of ketones is 1. The van der Waals surface area contributed by atoms with Crippen molar-refractivity contribution in [3.8, 4) is 0 Å². The first-order chi connectivity index (χ1) is 7.49. The molecular weight excluding hydrogens is 198 g/mol. The molecule has 1 unspecified atom stereocenters. The van der Waals surface area contributed by atoms with Crippen LogP contribution in [-0.4, -0.2) is 11.8 Å². The molecule has 0 amide bonds. The Morgan fingerprint density at radius 3 is 2.56 bits per heavy atom. The minimum Gasteiger partial charge on any atom is -0.328 e. The van der Waals surface area contributed by atoms with E-state index in [-0.39, 0.29) is 11.8 Å². The van der Waals surface area contributed by atoms with Gasteiger partial charge in [-0.05, 0) is 43.9 Å². The number of carbonyl (C=O) groups excluding carboxylic acids is 1. The van der Waals surface area contributed by atoms with Crippen molar-refractivity contribution < 1.29 is 4.79 Å². The summed E-state index contributed by atoms with van der Waals surface area (Å²) in [6.07, 6.45) is 1.90. The molecule has 2 nitrogen and oxygen atoms in total. The molecule has 0 bridgehead atoms. The smallest absolute Gasteiger partial charge is 0.137 e. The van der Waals surface area contributed by atoms with Crippen molar-refractivity contribution in [3.05, 3.63) is 34.9 Å². The number of benzene rings is 1. The highest BCUT2D eigenvalue weighted by atomic mass is 16.1. The van der Waals surface area contributed by atoms with Crippen molar-refractivity contribution in [1.82, 2.24) is 0 Å². The van der Waals surface area contributed by atoms with Crippen molar-refractivity contribution in [3.63, 3.8) is 0 Å². The number of Topliss-reactive ketones (excluding diaryl/α,β-unsaturated/α-hetero) is 1. The number of hydrogen-bond acceptors (Lipinski definition) is 2. The van der Waals surface area contributed by atoms with Crippen LogP contribution in [0.3, 0.4) is 0 Å². The average Bonchev–Trinajstić information content (AvgIpc) is 2.21. The summed E-state index contributed by atoms with van der Waals surface area (Å²) in [4.78, 5) is 11.7. The highest BCUT2D eigenvalue weighted by Crippen LogP contribution is 2.11. The fraction of sp³-hybridized carbons (Fsp3) is 0.500. The Morgan fingerprint density at radius 2 is 2.00 bits per heavy atom. The van der Waals surface area contributed by atoms with Gasteiger partial charge in [-0.2, -0.15) is 0 Å². The molecule has 1 aromatic rings. The fourth-order valence-corrected chi connectivity index (χ4v) is 1.62. The summed E-state index contributed by atoms with van der Waals surface area (Å²) in [6.45, 7) is 6.09. The van der Waals surface area contributed by atoms with Gasteiger partial charge in [-0.1, -0.05) is 18.2 Å². The van der Waals surface area contributed by atoms with Crippen molar-refractivity contribution in [2.75, 3.05) is 0 Å². The summed E-state index contributed by atoms with van der Waals surface area (Å²) in [6, 6.07) is 6.32. The van der Waals surface area contributed by atoms with E-state index >= 15 is 0 Å². The molecule has 88 valence electrons. The average molecular weight is 219 g/mol. The van der Waals surface area contributed by atoms with Crippen LogP contribution in [0, 0.1) is 13.8 Å². The van der Waals surface area contributed by atoms with E-state index in [0.29, 0.717) is 12.8 Å². The van der Waals surface area contributed by atoms with E-state index < -0.39 is 0 Å². The first kappa shape index (κ1) is 12.9. The van der Waals surface area contributed by atoms with E-state index in [1.54, 1.807) is 0 Å². The predicted molar refractivity (Wildman–Crippen MR) is 67.5 cm³/mol. The lowest BCUT2D eigenvalue weighted by molar-refractivity contribution is -0.118. The molecule has 0 aliphatic rings. The Bertz CT molecular complexity index is 369. The van der Waals surface area contributed by atoms with Gasteiger partial charge in [-0.25, -0.2) is 0 Å². The van der Waals surface area contributed by atoms with E-state index in [4.69, 9.17) is 5.73 Å². The molecule has 16 heavy (non-hydrogen) atoms. The molecule has 0 saturated carbocycles. The topological polar surface area (TPSA) is 43.1 Å². The van der Waals surface area contributed by atoms with E-state index in [0.717, 1.165) is 12.0 Å². The van der Waals surface area contributed by atoms with Crippen LogP contribution in [0.2, 0.25) is 0 Å². The first-order valence-electron chi connectivity index (χ1n) is 5.82. The van der Waals surface area contributed by atoms with Gasteiger partial charge >= 0.3 is 0 Å². The lowest BCUT2D eigenvalue weighted by Crippen LogP contribution is -2.17. The van der Waals surface area contributed by atoms with Gasteiger partial charge in [0, 0.05) is 18.9 Å². The van der Waals surface area contributed by atoms with Gasteiger partial charge < -0.3 is 5.73 Å². The monoisotopic (exact) mass is 219 g/mol. The predicted octanol–water partition coefficient (Wildman–Crippen LogP) is 2.54. The molecule has 2 N–H and O–H groups in total. The maximum Gasteiger partial charge on any atom is 0.137 e. The molecule has 0 spiro atoms. The first-order valence-corrected chi connectivity index (χ1v) is 5.82. The van der Waals surface area contributed by atoms with Gasteiger partial charge in [-0.3, -0.25) is 4.79 Å². The summed E-state index contributed by atoms with van der Waals surface area (Å²) >= 11 is 0. The Balaban J connectivity index is 2.53. The third-order valence-electron chi connectivity index (χ3n) is 2.85. The van der Waals surface area contributed by atoms with Gasteiger partial charge in [0.15, 0.2) is 0 Å². The van der Waals surface area contributed by atoms with Crippen LogP contribution < -0.4 is 5.73 Å². The van der Waals surface area contributed by atoms with Gasteiger partial charge in [0.05, 0.1) is 0 Å². The van der Waals surface area contributed by atoms with E-state index in [1.807, 2.05) is 13.0 Å². The Morgan fingerprint density at radius 1 is 1.31 bits per heavy atom. The molecule has 0 aliphatic carbocycles. The molecule has 0 heterocycles. The molecular formula is C14H21NO. The number of rotatable bonds is 5. The molecule has 1 atom stereocenters. The zero-order valence-corrected chi connectivity index (χ0v) is 10.4. The molecule has 2 heteroatoms. The number of hydrogen-bond donors (Lipinski definition) is 1. The molecule has 0 saturated heterocycles. The summed E-state index contributed by atoms with van der Waals surface area (Å²) in [7, 11) is 0. The maximum absolute atomic E-state index is 11.7. The quantitative estimate of drug-likeness (QED) is 0.827. The van der Waals surface area contributed by atoms with Gasteiger partial charge in [0.1, 0.15) is 5.78 Å². The molecule has 0 radical (unpaired) electrons. The molecule has 0 aliphatic heterocycles. The Labute approximate surface area is 97.9 Å². The summed E-state index contributed by atoms with van der Waals surface area (Å²) in [5, 5.41) is 0. The lowest BCUT2D eigenvalue weighted by Gasteiger charge is -2.06. The largest absolute Gasteiger partial charge is 0.328 e. The van der Waals surface area contributed by atoms with Crippen molar-refractivity contribution >= 4 is 5.78 Å². The third-order valence-corrected chi connectivity index (χ3v) is 2.85. The number of aryl methyl sites for hydroxylation is 2. The molecule has 0 aromatic heterocycles. The van der Waals surface area contributed by atoms with E-state index in [1.165, 1.54) is 11.1 Å². The fourth-order valence-electron chi connectivity index (χ4n) is 1.62. The van der Waals surface area contributed by atoms with Crippen molar-refractivity contribution in [2.24, 2.45) is 5.73 Å². The van der Waals surface area contributed by atoms with Crippen molar-refractivity contribution in [2.45, 2.75) is 46.1 Å². The number of nitrogens with two attached hydrogens (primary N) is 1. The minimum atomic E-state index is 0.115. The van der Waals surface area contributed by atoms with Crippen LogP contribution in [0.5, 0.6) is 0 Å². The highest BCUT2D eigenvalue weighted by Gasteiger charge is 2.06. The SMILES string of the molecule is Cc1ccc(CC(=O)CCC(C)N)cc1C. The summed E-state index contributed by atoms with van der Waals surface area (Å²) < 4.78 is 0. The second kappa shape index (κ2) is 5.80. The van der Waals surface area contributed by atoms with Gasteiger partial charge in [0.2, 0.25) is 0 Å². The zero-order chi connectivity index (χ0) is 12.1. The van der Waals surface area contributed by atoms with Crippen LogP contribution in [0.15, 0.2) is 18.2 Å². The Hall–Kier alpha value is -1.15. The molecule has 1 rings (SSSR count). The molecule has 1 aromatic carbocycles. The Kier molecular flexibility index (Phi) is 4.69. The van der Waals surface area contributed by atoms with Crippen LogP contribution in [0.4, 0.5) is 0 Å². The highest BCUT2D eigenvalue weighted by molar-refractivity contribution is 5.80. The second-order valence-electron chi connectivity index (χ2n) is 4.65. The normalized spacial score (nSPS) is 12.5. The minimum absolute atomic E-state index is 0.115. The van der Waals surface area contributed by atoms with Gasteiger partial charge in [0.25, 0.3) is 0 Å². The summed E-state index contributed by atoms with van der Waals surface area (Å²) in [5.74, 6) is 0.278. The maximum atomic E-state index is 11.7. The second-order valence-corrected chi connectivity index (χ2v) is 4.65. The van der Waals surface area contributed by atoms with Crippen molar-refractivity contribution in [1.29, 1.82) is 0 Å². The lowest BCUT2D eigenvalue weighted by atomic mass is 10.0. The van der Waals surface area contributed by atoms with E-state index in [9.17, 15) is 4.79 Å². The van der Waals surface area contributed by atoms with Crippen LogP contribution >= 0.6 is 0 Å². The van der Waals surface area contributed by atoms with E-state index in [2.05, 4.69) is 26.0 Å². The number of carbonyl (C=O) groups is 1. The van der Waals surface area contributed by atoms with Crippen LogP contribution in [0.1, 0.15) is 36.5 Å². The van der Waals surface area contributed by atoms with Crippen LogP contribution in [-0.2, 0) is 11.2 Å². The standard InChI is InChI=1S/C14H21NO/c1-10-4-6-13(8-11(10)2)9-14(16)7-5-12(3)15/h4,6,8,12H,5,7,9,15H2,1-3H3.